The van der Waals surface area contributed by atoms with Crippen LogP contribution in [-0.4, -0.2) is 48.9 Å². The predicted octanol–water partition coefficient (Wildman–Crippen LogP) is 2.88. The Hall–Kier alpha value is -2.04. The van der Waals surface area contributed by atoms with Gasteiger partial charge in [0.2, 0.25) is 5.91 Å². The molecular formula is C19H26N2O3. The molecular weight excluding hydrogens is 304 g/mol. The zero-order valence-corrected chi connectivity index (χ0v) is 14.6. The highest BCUT2D eigenvalue weighted by Gasteiger charge is 2.27. The Morgan fingerprint density at radius 2 is 1.88 bits per heavy atom. The average molecular weight is 330 g/mol. The summed E-state index contributed by atoms with van der Waals surface area (Å²) in [4.78, 5) is 28.5. The third-order valence-corrected chi connectivity index (χ3v) is 4.80. The van der Waals surface area contributed by atoms with E-state index in [9.17, 15) is 9.59 Å². The van der Waals surface area contributed by atoms with E-state index in [-0.39, 0.29) is 17.8 Å². The van der Waals surface area contributed by atoms with E-state index in [0.29, 0.717) is 18.7 Å². The van der Waals surface area contributed by atoms with Gasteiger partial charge in [-0.25, -0.2) is 0 Å². The normalized spacial score (nSPS) is 20.8. The number of hydrogen-bond donors (Lipinski definition) is 0. The van der Waals surface area contributed by atoms with Crippen LogP contribution in [0.2, 0.25) is 0 Å². The van der Waals surface area contributed by atoms with Crippen LogP contribution in [0, 0.1) is 0 Å². The second-order valence-electron chi connectivity index (χ2n) is 6.84. The summed E-state index contributed by atoms with van der Waals surface area (Å²) in [7, 11) is 0. The molecule has 24 heavy (non-hydrogen) atoms. The minimum Gasteiger partial charge on any atom is -0.487 e. The number of benzene rings is 1. The van der Waals surface area contributed by atoms with Crippen molar-refractivity contribution >= 4 is 17.4 Å². The fraction of sp³-hybridized carbons (Fsp3) is 0.579. The molecule has 1 aromatic rings. The van der Waals surface area contributed by atoms with Crippen molar-refractivity contribution in [3.05, 3.63) is 23.8 Å². The van der Waals surface area contributed by atoms with Gasteiger partial charge in [0, 0.05) is 18.7 Å². The molecule has 1 saturated heterocycles. The maximum atomic E-state index is 12.7. The number of ketones is 1. The van der Waals surface area contributed by atoms with Crippen LogP contribution in [0.1, 0.15) is 49.9 Å². The van der Waals surface area contributed by atoms with E-state index < -0.39 is 0 Å². The Bertz CT molecular complexity index is 621. The molecule has 1 atom stereocenters. The summed E-state index contributed by atoms with van der Waals surface area (Å²) in [6.07, 6.45) is 4.64. The number of rotatable bonds is 3. The number of fused-ring (bicyclic) bond motifs is 1. The van der Waals surface area contributed by atoms with Crippen LogP contribution in [0.5, 0.6) is 5.75 Å². The van der Waals surface area contributed by atoms with Crippen molar-refractivity contribution in [1.82, 2.24) is 4.90 Å². The number of carbonyl (C=O) groups excluding carboxylic acids is 2. The molecule has 0 bridgehead atoms. The Morgan fingerprint density at radius 3 is 2.54 bits per heavy atom. The lowest BCUT2D eigenvalue weighted by Crippen LogP contribution is -2.46. The smallest absolute Gasteiger partial charge is 0.242 e. The highest BCUT2D eigenvalue weighted by Crippen LogP contribution is 2.34. The maximum absolute atomic E-state index is 12.7. The summed E-state index contributed by atoms with van der Waals surface area (Å²) >= 11 is 0. The van der Waals surface area contributed by atoms with Crippen molar-refractivity contribution in [2.24, 2.45) is 0 Å². The number of anilines is 1. The zero-order valence-electron chi connectivity index (χ0n) is 14.6. The number of hydrogen-bond acceptors (Lipinski definition) is 4. The minimum atomic E-state index is 0.0233. The number of ether oxygens (including phenoxy) is 1. The van der Waals surface area contributed by atoms with Crippen LogP contribution in [0.15, 0.2) is 18.2 Å². The van der Waals surface area contributed by atoms with Gasteiger partial charge >= 0.3 is 0 Å². The Balaban J connectivity index is 1.79. The Kier molecular flexibility index (Phi) is 5.07. The van der Waals surface area contributed by atoms with Gasteiger partial charge in [-0.05, 0) is 44.9 Å². The monoisotopic (exact) mass is 330 g/mol. The van der Waals surface area contributed by atoms with Crippen molar-refractivity contribution in [3.63, 3.8) is 0 Å². The van der Waals surface area contributed by atoms with Crippen LogP contribution >= 0.6 is 0 Å². The second-order valence-corrected chi connectivity index (χ2v) is 6.84. The number of carbonyl (C=O) groups is 2. The number of Topliss-reactive ketones (excluding diaryl/α,β-unsaturated/α-hetero) is 1. The van der Waals surface area contributed by atoms with Crippen molar-refractivity contribution in [2.45, 2.75) is 45.6 Å². The lowest BCUT2D eigenvalue weighted by atomic mass is 10.1. The molecule has 130 valence electrons. The molecule has 0 saturated carbocycles. The van der Waals surface area contributed by atoms with Crippen molar-refractivity contribution in [1.29, 1.82) is 0 Å². The maximum Gasteiger partial charge on any atom is 0.242 e. The van der Waals surface area contributed by atoms with Gasteiger partial charge in [0.1, 0.15) is 11.9 Å². The zero-order chi connectivity index (χ0) is 17.1. The van der Waals surface area contributed by atoms with Crippen molar-refractivity contribution < 1.29 is 14.3 Å². The SMILES string of the molecule is CC(=O)c1ccc2c(c1)N(CC(=O)N1CCCCCC1)CC(C)O2. The van der Waals surface area contributed by atoms with Crippen LogP contribution in [0.4, 0.5) is 5.69 Å². The van der Waals surface area contributed by atoms with Crippen molar-refractivity contribution in [2.75, 3.05) is 31.1 Å². The molecule has 0 spiro atoms. The molecule has 2 heterocycles. The summed E-state index contributed by atoms with van der Waals surface area (Å²) in [5.74, 6) is 0.947. The van der Waals surface area contributed by atoms with E-state index in [1.54, 1.807) is 13.0 Å². The van der Waals surface area contributed by atoms with Crippen LogP contribution in [-0.2, 0) is 4.79 Å². The highest BCUT2D eigenvalue weighted by atomic mass is 16.5. The van der Waals surface area contributed by atoms with Crippen molar-refractivity contribution in [3.8, 4) is 5.75 Å². The van der Waals surface area contributed by atoms with Gasteiger partial charge in [-0.3, -0.25) is 9.59 Å². The first-order valence-corrected chi connectivity index (χ1v) is 8.89. The van der Waals surface area contributed by atoms with Gasteiger partial charge in [-0.1, -0.05) is 12.8 Å². The molecule has 3 rings (SSSR count). The largest absolute Gasteiger partial charge is 0.487 e. The first-order valence-electron chi connectivity index (χ1n) is 8.89. The highest BCUT2D eigenvalue weighted by molar-refractivity contribution is 5.96. The predicted molar refractivity (Wildman–Crippen MR) is 93.8 cm³/mol. The fourth-order valence-corrected chi connectivity index (χ4v) is 3.48. The van der Waals surface area contributed by atoms with E-state index in [2.05, 4.69) is 4.90 Å². The Morgan fingerprint density at radius 1 is 1.17 bits per heavy atom. The van der Waals surface area contributed by atoms with Gasteiger partial charge in [0.15, 0.2) is 5.78 Å². The van der Waals surface area contributed by atoms with E-state index >= 15 is 0 Å². The first-order chi connectivity index (χ1) is 11.5. The third-order valence-electron chi connectivity index (χ3n) is 4.80. The molecule has 0 aliphatic carbocycles. The molecule has 0 N–H and O–H groups in total. The molecule has 2 aliphatic rings. The topological polar surface area (TPSA) is 49.9 Å². The molecule has 0 aromatic heterocycles. The lowest BCUT2D eigenvalue weighted by molar-refractivity contribution is -0.129. The molecule has 1 unspecified atom stereocenters. The summed E-state index contributed by atoms with van der Waals surface area (Å²) in [5, 5.41) is 0. The van der Waals surface area contributed by atoms with E-state index in [1.165, 1.54) is 12.8 Å². The number of amides is 1. The Labute approximate surface area is 143 Å². The van der Waals surface area contributed by atoms with Crippen LogP contribution < -0.4 is 9.64 Å². The standard InChI is InChI=1S/C19H26N2O3/c1-14-12-21(13-19(23)20-9-5-3-4-6-10-20)17-11-16(15(2)22)7-8-18(17)24-14/h7-8,11,14H,3-6,9-10,12-13H2,1-2H3. The molecule has 5 heteroatoms. The van der Waals surface area contributed by atoms with E-state index in [4.69, 9.17) is 4.74 Å². The molecule has 1 fully saturated rings. The number of likely N-dealkylation sites (tertiary alicyclic amines) is 1. The summed E-state index contributed by atoms with van der Waals surface area (Å²) in [6.45, 7) is 6.29. The summed E-state index contributed by atoms with van der Waals surface area (Å²) in [6, 6.07) is 5.47. The molecule has 0 radical (unpaired) electrons. The molecule has 1 amide bonds. The third kappa shape index (κ3) is 3.71. The number of nitrogens with zero attached hydrogens (tertiary/aromatic N) is 2. The fourth-order valence-electron chi connectivity index (χ4n) is 3.48. The lowest BCUT2D eigenvalue weighted by Gasteiger charge is -2.36. The first kappa shape index (κ1) is 16.8. The van der Waals surface area contributed by atoms with Gasteiger partial charge in [-0.15, -0.1) is 0 Å². The average Bonchev–Trinajstić information content (AvgIpc) is 2.83. The summed E-state index contributed by atoms with van der Waals surface area (Å²) in [5.41, 5.74) is 1.50. The molecule has 2 aliphatic heterocycles. The quantitative estimate of drug-likeness (QED) is 0.800. The molecule has 1 aromatic carbocycles. The van der Waals surface area contributed by atoms with E-state index in [0.717, 1.165) is 37.4 Å². The van der Waals surface area contributed by atoms with Crippen LogP contribution in [0.3, 0.4) is 0 Å². The van der Waals surface area contributed by atoms with Gasteiger partial charge in [-0.2, -0.15) is 0 Å². The molecule has 5 nitrogen and oxygen atoms in total. The van der Waals surface area contributed by atoms with Crippen LogP contribution in [0.25, 0.3) is 0 Å². The van der Waals surface area contributed by atoms with Gasteiger partial charge in [0.25, 0.3) is 0 Å². The summed E-state index contributed by atoms with van der Waals surface area (Å²) < 4.78 is 5.87. The van der Waals surface area contributed by atoms with E-state index in [1.807, 2.05) is 24.0 Å². The van der Waals surface area contributed by atoms with Gasteiger partial charge < -0.3 is 14.5 Å². The second kappa shape index (κ2) is 7.24. The minimum absolute atomic E-state index is 0.0233. The van der Waals surface area contributed by atoms with Gasteiger partial charge in [0.05, 0.1) is 18.8 Å².